The van der Waals surface area contributed by atoms with Crippen LogP contribution in [0, 0.1) is 0 Å². The van der Waals surface area contributed by atoms with E-state index in [-0.39, 0.29) is 11.8 Å². The number of rotatable bonds is 4. The van der Waals surface area contributed by atoms with Crippen LogP contribution in [0.2, 0.25) is 0 Å². The molecule has 3 heterocycles. The number of nitrogens with zero attached hydrogens (tertiary/aromatic N) is 3. The van der Waals surface area contributed by atoms with Crippen molar-refractivity contribution < 1.29 is 9.59 Å². The van der Waals surface area contributed by atoms with Crippen molar-refractivity contribution in [3.8, 4) is 0 Å². The lowest BCUT2D eigenvalue weighted by Gasteiger charge is -2.35. The number of pyridine rings is 1. The van der Waals surface area contributed by atoms with E-state index < -0.39 is 0 Å². The van der Waals surface area contributed by atoms with Crippen molar-refractivity contribution in [2.45, 2.75) is 13.5 Å². The van der Waals surface area contributed by atoms with Crippen molar-refractivity contribution in [1.29, 1.82) is 0 Å². The third-order valence-electron chi connectivity index (χ3n) is 5.17. The van der Waals surface area contributed by atoms with Crippen LogP contribution >= 0.6 is 0 Å². The highest BCUT2D eigenvalue weighted by Gasteiger charge is 2.21. The first-order valence-corrected chi connectivity index (χ1v) is 9.42. The molecule has 0 spiro atoms. The lowest BCUT2D eigenvalue weighted by molar-refractivity contribution is -0.129. The number of anilines is 1. The van der Waals surface area contributed by atoms with Crippen LogP contribution in [0.1, 0.15) is 22.8 Å². The van der Waals surface area contributed by atoms with Crippen LogP contribution in [-0.2, 0) is 11.3 Å². The smallest absolute Gasteiger partial charge is 0.253 e. The molecule has 1 aliphatic heterocycles. The number of amides is 2. The normalized spacial score (nSPS) is 14.3. The summed E-state index contributed by atoms with van der Waals surface area (Å²) in [5.41, 5.74) is 2.54. The van der Waals surface area contributed by atoms with Crippen molar-refractivity contribution in [2.75, 3.05) is 31.1 Å². The van der Waals surface area contributed by atoms with Gasteiger partial charge in [0.15, 0.2) is 0 Å². The Morgan fingerprint density at radius 1 is 1.11 bits per heavy atom. The second-order valence-electron chi connectivity index (χ2n) is 6.91. The summed E-state index contributed by atoms with van der Waals surface area (Å²) in [7, 11) is 0. The Bertz CT molecular complexity index is 1000. The van der Waals surface area contributed by atoms with Gasteiger partial charge in [-0.2, -0.15) is 0 Å². The van der Waals surface area contributed by atoms with Crippen molar-refractivity contribution >= 4 is 28.5 Å². The second kappa shape index (κ2) is 7.72. The van der Waals surface area contributed by atoms with Gasteiger partial charge >= 0.3 is 0 Å². The molecule has 0 aliphatic carbocycles. The summed E-state index contributed by atoms with van der Waals surface area (Å²) in [6, 6.07) is 11.6. The highest BCUT2D eigenvalue weighted by molar-refractivity contribution is 6.06. The average Bonchev–Trinajstić information content (AvgIpc) is 3.16. The number of benzene rings is 1. The molecule has 1 saturated heterocycles. The van der Waals surface area contributed by atoms with Crippen LogP contribution in [0.3, 0.4) is 0 Å². The number of carbonyl (C=O) groups is 2. The molecule has 1 fully saturated rings. The molecule has 2 N–H and O–H groups in total. The fraction of sp³-hybridized carbons (Fsp3) is 0.286. The summed E-state index contributed by atoms with van der Waals surface area (Å²) in [6.07, 6.45) is 3.50. The van der Waals surface area contributed by atoms with Gasteiger partial charge in [0, 0.05) is 68.5 Å². The Kier molecular flexibility index (Phi) is 4.97. The fourth-order valence-corrected chi connectivity index (χ4v) is 3.62. The Morgan fingerprint density at radius 3 is 2.68 bits per heavy atom. The van der Waals surface area contributed by atoms with Gasteiger partial charge in [0.2, 0.25) is 5.91 Å². The van der Waals surface area contributed by atoms with Gasteiger partial charge in [-0.3, -0.25) is 9.59 Å². The molecule has 3 aromatic rings. The summed E-state index contributed by atoms with van der Waals surface area (Å²) in [5, 5.41) is 3.92. The second-order valence-corrected chi connectivity index (χ2v) is 6.91. The van der Waals surface area contributed by atoms with Crippen LogP contribution in [0.4, 0.5) is 5.82 Å². The van der Waals surface area contributed by atoms with E-state index >= 15 is 0 Å². The van der Waals surface area contributed by atoms with E-state index in [1.165, 1.54) is 0 Å². The molecule has 0 atom stereocenters. The number of hydrogen-bond donors (Lipinski definition) is 2. The van der Waals surface area contributed by atoms with Gasteiger partial charge in [-0.15, -0.1) is 0 Å². The first kappa shape index (κ1) is 18.0. The molecular formula is C21H23N5O2. The molecule has 7 heteroatoms. The molecule has 0 bridgehead atoms. The summed E-state index contributed by atoms with van der Waals surface area (Å²) >= 11 is 0. The lowest BCUT2D eigenvalue weighted by Crippen LogP contribution is -2.48. The van der Waals surface area contributed by atoms with Crippen molar-refractivity contribution in [2.24, 2.45) is 0 Å². The predicted molar refractivity (Wildman–Crippen MR) is 108 cm³/mol. The number of hydrogen-bond acceptors (Lipinski definition) is 4. The van der Waals surface area contributed by atoms with Gasteiger partial charge in [-0.05, 0) is 12.1 Å². The maximum absolute atomic E-state index is 12.7. The van der Waals surface area contributed by atoms with Gasteiger partial charge in [0.25, 0.3) is 5.91 Å². The highest BCUT2D eigenvalue weighted by atomic mass is 16.2. The zero-order chi connectivity index (χ0) is 19.5. The quantitative estimate of drug-likeness (QED) is 0.730. The number of fused-ring (bicyclic) bond motifs is 1. The molecule has 0 saturated carbocycles. The fourth-order valence-electron chi connectivity index (χ4n) is 3.62. The molecule has 28 heavy (non-hydrogen) atoms. The van der Waals surface area contributed by atoms with Crippen LogP contribution in [0.25, 0.3) is 10.9 Å². The zero-order valence-electron chi connectivity index (χ0n) is 15.8. The van der Waals surface area contributed by atoms with Gasteiger partial charge in [-0.25, -0.2) is 4.98 Å². The van der Waals surface area contributed by atoms with Crippen molar-refractivity contribution in [1.82, 2.24) is 20.2 Å². The Hall–Kier alpha value is -3.35. The van der Waals surface area contributed by atoms with Gasteiger partial charge in [0.05, 0.1) is 5.56 Å². The molecule has 1 aliphatic rings. The Morgan fingerprint density at radius 2 is 1.89 bits per heavy atom. The molecule has 2 aromatic heterocycles. The lowest BCUT2D eigenvalue weighted by atomic mass is 10.1. The molecule has 1 aromatic carbocycles. The Balaban J connectivity index is 1.46. The summed E-state index contributed by atoms with van der Waals surface area (Å²) in [6.45, 7) is 4.84. The SMILES string of the molecule is CC(=O)N1CCN(c2ncccc2CNC(=O)c2c[nH]c3ccccc23)CC1. The summed E-state index contributed by atoms with van der Waals surface area (Å²) in [4.78, 5) is 35.9. The number of H-pyrrole nitrogens is 1. The van der Waals surface area contributed by atoms with Crippen LogP contribution in [0.15, 0.2) is 48.8 Å². The topological polar surface area (TPSA) is 81.3 Å². The van der Waals surface area contributed by atoms with E-state index in [1.54, 1.807) is 19.3 Å². The van der Waals surface area contributed by atoms with E-state index in [9.17, 15) is 9.59 Å². The number of piperazine rings is 1. The zero-order valence-corrected chi connectivity index (χ0v) is 15.8. The molecule has 0 radical (unpaired) electrons. The molecule has 144 valence electrons. The molecule has 2 amide bonds. The molecule has 7 nitrogen and oxygen atoms in total. The third-order valence-corrected chi connectivity index (χ3v) is 5.17. The number of aromatic amines is 1. The van der Waals surface area contributed by atoms with E-state index in [2.05, 4.69) is 20.2 Å². The summed E-state index contributed by atoms with van der Waals surface area (Å²) < 4.78 is 0. The maximum Gasteiger partial charge on any atom is 0.253 e. The minimum Gasteiger partial charge on any atom is -0.360 e. The van der Waals surface area contributed by atoms with Crippen LogP contribution in [0.5, 0.6) is 0 Å². The first-order valence-electron chi connectivity index (χ1n) is 9.42. The van der Waals surface area contributed by atoms with Gasteiger partial charge in [-0.1, -0.05) is 24.3 Å². The number of nitrogens with one attached hydrogen (secondary N) is 2. The van der Waals surface area contributed by atoms with E-state index in [0.29, 0.717) is 25.2 Å². The first-order chi connectivity index (χ1) is 13.6. The monoisotopic (exact) mass is 377 g/mol. The van der Waals surface area contributed by atoms with Gasteiger partial charge in [0.1, 0.15) is 5.82 Å². The van der Waals surface area contributed by atoms with Crippen LogP contribution < -0.4 is 10.2 Å². The van der Waals surface area contributed by atoms with E-state index in [1.807, 2.05) is 41.3 Å². The van der Waals surface area contributed by atoms with Gasteiger partial charge < -0.3 is 20.1 Å². The third kappa shape index (κ3) is 3.55. The minimum absolute atomic E-state index is 0.104. The largest absolute Gasteiger partial charge is 0.360 e. The van der Waals surface area contributed by atoms with Crippen molar-refractivity contribution in [3.05, 3.63) is 59.9 Å². The predicted octanol–water partition coefficient (Wildman–Crippen LogP) is 2.16. The molecule has 4 rings (SSSR count). The summed E-state index contributed by atoms with van der Waals surface area (Å²) in [5.74, 6) is 0.852. The average molecular weight is 377 g/mol. The van der Waals surface area contributed by atoms with E-state index in [0.717, 1.165) is 35.4 Å². The number of aromatic nitrogens is 2. The molecule has 0 unspecified atom stereocenters. The minimum atomic E-state index is -0.117. The van der Waals surface area contributed by atoms with Crippen LogP contribution in [-0.4, -0.2) is 52.9 Å². The molecular weight excluding hydrogens is 354 g/mol. The van der Waals surface area contributed by atoms with E-state index in [4.69, 9.17) is 0 Å². The van der Waals surface area contributed by atoms with Crippen molar-refractivity contribution in [3.63, 3.8) is 0 Å². The number of para-hydroxylation sites is 1. The standard InChI is InChI=1S/C21H23N5O2/c1-15(27)25-9-11-26(12-10-25)20-16(5-4-8-22-20)13-24-21(28)18-14-23-19-7-3-2-6-17(18)19/h2-8,14,23H,9-13H2,1H3,(H,24,28). The maximum atomic E-state index is 12.7. The number of carbonyl (C=O) groups excluding carboxylic acids is 2. The Labute approximate surface area is 163 Å². The highest BCUT2D eigenvalue weighted by Crippen LogP contribution is 2.20.